The second-order valence-electron chi connectivity index (χ2n) is 6.61. The van der Waals surface area contributed by atoms with Crippen LogP contribution in [0.25, 0.3) is 11.3 Å². The van der Waals surface area contributed by atoms with E-state index in [1.807, 2.05) is 47.4 Å². The van der Waals surface area contributed by atoms with Crippen molar-refractivity contribution in [1.29, 1.82) is 0 Å². The van der Waals surface area contributed by atoms with E-state index in [1.54, 1.807) is 0 Å². The van der Waals surface area contributed by atoms with Crippen molar-refractivity contribution in [3.05, 3.63) is 71.5 Å². The highest BCUT2D eigenvalue weighted by molar-refractivity contribution is 7.89. The first-order chi connectivity index (χ1) is 13.9. The van der Waals surface area contributed by atoms with Gasteiger partial charge in [0.05, 0.1) is 15.6 Å². The van der Waals surface area contributed by atoms with Crippen molar-refractivity contribution in [2.45, 2.75) is 4.90 Å². The molecule has 1 saturated heterocycles. The van der Waals surface area contributed by atoms with Crippen molar-refractivity contribution in [2.75, 3.05) is 31.1 Å². The number of hydrogen-bond acceptors (Lipinski definition) is 5. The monoisotopic (exact) mass is 432 g/mol. The molecule has 0 radical (unpaired) electrons. The minimum absolute atomic E-state index is 0.00986. The minimum atomic E-state index is -3.73. The Hall–Kier alpha value is -2.55. The molecule has 0 bridgehead atoms. The zero-order valence-electron chi connectivity index (χ0n) is 15.4. The van der Waals surface area contributed by atoms with Gasteiger partial charge in [0.15, 0.2) is 5.82 Å². The Morgan fingerprint density at radius 2 is 1.62 bits per heavy atom. The van der Waals surface area contributed by atoms with Crippen molar-refractivity contribution in [1.82, 2.24) is 14.5 Å². The summed E-state index contributed by atoms with van der Waals surface area (Å²) in [6.45, 7) is 1.54. The van der Waals surface area contributed by atoms with Gasteiger partial charge < -0.3 is 4.90 Å². The maximum atomic E-state index is 13.3. The third-order valence-electron chi connectivity index (χ3n) is 4.81. The summed E-state index contributed by atoms with van der Waals surface area (Å²) in [6, 6.07) is 17.0. The molecule has 9 heteroatoms. The van der Waals surface area contributed by atoms with Gasteiger partial charge in [0.25, 0.3) is 0 Å². The lowest BCUT2D eigenvalue weighted by atomic mass is 10.1. The van der Waals surface area contributed by atoms with Crippen LogP contribution < -0.4 is 4.90 Å². The molecular formula is C20H18ClFN4O2S. The van der Waals surface area contributed by atoms with E-state index in [0.29, 0.717) is 32.0 Å². The van der Waals surface area contributed by atoms with Gasteiger partial charge in [-0.25, -0.2) is 12.8 Å². The van der Waals surface area contributed by atoms with Crippen LogP contribution in [0.2, 0.25) is 5.02 Å². The average molecular weight is 433 g/mol. The lowest BCUT2D eigenvalue weighted by molar-refractivity contribution is 0.383. The van der Waals surface area contributed by atoms with Crippen molar-refractivity contribution in [3.8, 4) is 11.3 Å². The van der Waals surface area contributed by atoms with E-state index in [9.17, 15) is 12.8 Å². The maximum Gasteiger partial charge on any atom is 0.243 e. The first-order valence-electron chi connectivity index (χ1n) is 9.04. The lowest BCUT2D eigenvalue weighted by Gasteiger charge is -2.34. The summed E-state index contributed by atoms with van der Waals surface area (Å²) in [7, 11) is -3.73. The number of hydrogen-bond donors (Lipinski definition) is 0. The number of anilines is 1. The van der Waals surface area contributed by atoms with Crippen molar-refractivity contribution < 1.29 is 12.8 Å². The van der Waals surface area contributed by atoms with Gasteiger partial charge in [-0.15, -0.1) is 10.2 Å². The summed E-state index contributed by atoms with van der Waals surface area (Å²) in [5, 5.41) is 8.37. The molecule has 6 nitrogen and oxygen atoms in total. The van der Waals surface area contributed by atoms with Crippen molar-refractivity contribution in [2.24, 2.45) is 0 Å². The van der Waals surface area contributed by atoms with Crippen LogP contribution in [0.15, 0.2) is 65.6 Å². The molecule has 0 spiro atoms. The molecule has 1 fully saturated rings. The Balaban J connectivity index is 1.44. The first kappa shape index (κ1) is 19.8. The molecule has 1 aliphatic heterocycles. The van der Waals surface area contributed by atoms with Crippen LogP contribution in [0.3, 0.4) is 0 Å². The number of halogens is 2. The largest absolute Gasteiger partial charge is 0.352 e. The molecule has 3 aromatic rings. The highest BCUT2D eigenvalue weighted by atomic mass is 35.5. The summed E-state index contributed by atoms with van der Waals surface area (Å²) < 4.78 is 40.3. The molecule has 150 valence electrons. The van der Waals surface area contributed by atoms with Gasteiger partial charge >= 0.3 is 0 Å². The standard InChI is InChI=1S/C20H18ClFN4O2S/c21-17-14-16(6-7-18(17)22)29(27,28)26-12-10-25(11-13-26)20-9-8-19(23-24-20)15-4-2-1-3-5-15/h1-9,14H,10-13H2. The minimum Gasteiger partial charge on any atom is -0.352 e. The third-order valence-corrected chi connectivity index (χ3v) is 7.00. The fourth-order valence-corrected chi connectivity index (χ4v) is 4.89. The van der Waals surface area contributed by atoms with Gasteiger partial charge in [0, 0.05) is 31.7 Å². The summed E-state index contributed by atoms with van der Waals surface area (Å²) in [5.74, 6) is 0.0551. The molecule has 1 aromatic heterocycles. The number of rotatable bonds is 4. The summed E-state index contributed by atoms with van der Waals surface area (Å²) >= 11 is 5.74. The molecule has 0 unspecified atom stereocenters. The first-order valence-corrected chi connectivity index (χ1v) is 10.9. The van der Waals surface area contributed by atoms with Gasteiger partial charge in [-0.1, -0.05) is 41.9 Å². The number of aromatic nitrogens is 2. The van der Waals surface area contributed by atoms with Crippen molar-refractivity contribution >= 4 is 27.4 Å². The second-order valence-corrected chi connectivity index (χ2v) is 8.95. The van der Waals surface area contributed by atoms with Crippen LogP contribution >= 0.6 is 11.6 Å². The van der Waals surface area contributed by atoms with E-state index in [1.165, 1.54) is 10.4 Å². The number of benzene rings is 2. The van der Waals surface area contributed by atoms with Crippen LogP contribution in [0.4, 0.5) is 10.2 Å². The topological polar surface area (TPSA) is 66.4 Å². The van der Waals surface area contributed by atoms with E-state index in [0.717, 1.165) is 23.4 Å². The fraction of sp³-hybridized carbons (Fsp3) is 0.200. The van der Waals surface area contributed by atoms with E-state index in [2.05, 4.69) is 10.2 Å². The quantitative estimate of drug-likeness (QED) is 0.631. The van der Waals surface area contributed by atoms with Crippen LogP contribution in [0.1, 0.15) is 0 Å². The molecule has 1 aliphatic rings. The van der Waals surface area contributed by atoms with Gasteiger partial charge in [0.2, 0.25) is 10.0 Å². The molecule has 29 heavy (non-hydrogen) atoms. The summed E-state index contributed by atoms with van der Waals surface area (Å²) in [4.78, 5) is 1.98. The van der Waals surface area contributed by atoms with Crippen LogP contribution in [0, 0.1) is 5.82 Å². The van der Waals surface area contributed by atoms with Gasteiger partial charge in [-0.3, -0.25) is 0 Å². The summed E-state index contributed by atoms with van der Waals surface area (Å²) in [6.07, 6.45) is 0. The Kier molecular flexibility index (Phi) is 5.49. The highest BCUT2D eigenvalue weighted by Crippen LogP contribution is 2.24. The van der Waals surface area contributed by atoms with E-state index >= 15 is 0 Å². The molecule has 0 aliphatic carbocycles. The summed E-state index contributed by atoms with van der Waals surface area (Å²) in [5.41, 5.74) is 1.77. The fourth-order valence-electron chi connectivity index (χ4n) is 3.20. The Morgan fingerprint density at radius 1 is 0.897 bits per heavy atom. The van der Waals surface area contributed by atoms with Gasteiger partial charge in [-0.2, -0.15) is 4.31 Å². The Bertz CT molecular complexity index is 1100. The molecular weight excluding hydrogens is 415 g/mol. The SMILES string of the molecule is O=S(=O)(c1ccc(F)c(Cl)c1)N1CCN(c2ccc(-c3ccccc3)nn2)CC1. The number of sulfonamides is 1. The lowest BCUT2D eigenvalue weighted by Crippen LogP contribution is -2.49. The smallest absolute Gasteiger partial charge is 0.243 e. The molecule has 0 amide bonds. The van der Waals surface area contributed by atoms with E-state index in [4.69, 9.17) is 11.6 Å². The number of nitrogens with zero attached hydrogens (tertiary/aromatic N) is 4. The molecule has 0 atom stereocenters. The predicted octanol–water partition coefficient (Wildman–Crippen LogP) is 3.45. The molecule has 2 aromatic carbocycles. The Morgan fingerprint density at radius 3 is 2.24 bits per heavy atom. The highest BCUT2D eigenvalue weighted by Gasteiger charge is 2.29. The normalized spacial score (nSPS) is 15.4. The molecule has 4 rings (SSSR count). The molecule has 2 heterocycles. The van der Waals surface area contributed by atoms with Crippen LogP contribution in [0.5, 0.6) is 0 Å². The van der Waals surface area contributed by atoms with E-state index in [-0.39, 0.29) is 9.92 Å². The van der Waals surface area contributed by atoms with Crippen molar-refractivity contribution in [3.63, 3.8) is 0 Å². The number of piperazine rings is 1. The third kappa shape index (κ3) is 4.10. The van der Waals surface area contributed by atoms with Crippen LogP contribution in [-0.4, -0.2) is 49.1 Å². The Labute approximate surface area is 173 Å². The van der Waals surface area contributed by atoms with Gasteiger partial charge in [-0.05, 0) is 30.3 Å². The predicted molar refractivity (Wildman–Crippen MR) is 110 cm³/mol. The average Bonchev–Trinajstić information content (AvgIpc) is 2.76. The van der Waals surface area contributed by atoms with Crippen LogP contribution in [-0.2, 0) is 10.0 Å². The van der Waals surface area contributed by atoms with Gasteiger partial charge in [0.1, 0.15) is 5.82 Å². The second kappa shape index (κ2) is 8.06. The maximum absolute atomic E-state index is 13.3. The van der Waals surface area contributed by atoms with E-state index < -0.39 is 15.8 Å². The zero-order chi connectivity index (χ0) is 20.4. The zero-order valence-corrected chi connectivity index (χ0v) is 16.9. The molecule has 0 N–H and O–H groups in total. The molecule has 0 saturated carbocycles.